The molecule has 2 aliphatic rings. The maximum atomic E-state index is 13.5. The first kappa shape index (κ1) is 19.7. The van der Waals surface area contributed by atoms with Crippen molar-refractivity contribution >= 4 is 11.6 Å². The predicted molar refractivity (Wildman–Crippen MR) is 121 cm³/mol. The summed E-state index contributed by atoms with van der Waals surface area (Å²) in [5.41, 5.74) is 4.47. The van der Waals surface area contributed by atoms with Gasteiger partial charge in [-0.2, -0.15) is 10.0 Å². The summed E-state index contributed by atoms with van der Waals surface area (Å²) in [6.07, 6.45) is 6.40. The van der Waals surface area contributed by atoms with E-state index in [0.717, 1.165) is 54.7 Å². The zero-order chi connectivity index (χ0) is 21.4. The second-order valence-corrected chi connectivity index (χ2v) is 8.84. The third kappa shape index (κ3) is 3.46. The molecule has 2 atom stereocenters. The first-order valence-corrected chi connectivity index (χ1v) is 10.9. The van der Waals surface area contributed by atoms with Gasteiger partial charge in [0, 0.05) is 29.4 Å². The van der Waals surface area contributed by atoms with Crippen LogP contribution in [0, 0.1) is 17.2 Å². The molecule has 1 fully saturated rings. The van der Waals surface area contributed by atoms with Gasteiger partial charge in [0.25, 0.3) is 5.91 Å². The maximum absolute atomic E-state index is 13.5. The van der Waals surface area contributed by atoms with Gasteiger partial charge in [-0.05, 0) is 74.6 Å². The van der Waals surface area contributed by atoms with Gasteiger partial charge in [-0.15, -0.1) is 0 Å². The van der Waals surface area contributed by atoms with Crippen molar-refractivity contribution in [3.05, 3.63) is 82.5 Å². The smallest absolute Gasteiger partial charge is 0.258 e. The Morgan fingerprint density at radius 1 is 1.10 bits per heavy atom. The molecule has 1 aliphatic carbocycles. The molecule has 1 spiro atoms. The fraction of sp³-hybridized carbons (Fsp3) is 0.360. The number of nitroso groups, excluding NO2 is 1. The summed E-state index contributed by atoms with van der Waals surface area (Å²) in [4.78, 5) is 27.0. The average Bonchev–Trinajstić information content (AvgIpc) is 3.36. The molecule has 1 saturated carbocycles. The van der Waals surface area contributed by atoms with Crippen LogP contribution in [0.3, 0.4) is 0 Å². The van der Waals surface area contributed by atoms with E-state index >= 15 is 0 Å². The Hall–Kier alpha value is -3.28. The highest BCUT2D eigenvalue weighted by atomic mass is 16.3. The molecular weight excluding hydrogens is 388 g/mol. The largest absolute Gasteiger partial charge is 0.308 e. The van der Waals surface area contributed by atoms with E-state index in [1.54, 1.807) is 4.68 Å². The molecule has 6 heteroatoms. The standard InChI is InChI=1S/C25H26N4O2/c1-18-12-15-29(26-18)21-10-8-19(9-11-21)24(30)28-16-14-25(13-4-7-23(25)27-31)17-20-5-2-3-6-22(20)28/h2-3,5-6,8-12,15,23H,4,7,13-14,16-17H2,1H3. The van der Waals surface area contributed by atoms with Gasteiger partial charge in [0.2, 0.25) is 0 Å². The van der Waals surface area contributed by atoms with Crippen molar-refractivity contribution < 1.29 is 4.79 Å². The molecule has 0 bridgehead atoms. The zero-order valence-electron chi connectivity index (χ0n) is 17.7. The average molecular weight is 415 g/mol. The van der Waals surface area contributed by atoms with E-state index in [4.69, 9.17) is 0 Å². The predicted octanol–water partition coefficient (Wildman–Crippen LogP) is 5.08. The number of aromatic nitrogens is 2. The number of hydrogen-bond donors (Lipinski definition) is 0. The monoisotopic (exact) mass is 414 g/mol. The van der Waals surface area contributed by atoms with E-state index in [0.29, 0.717) is 12.1 Å². The number of fused-ring (bicyclic) bond motifs is 1. The van der Waals surface area contributed by atoms with Crippen molar-refractivity contribution in [2.45, 2.75) is 45.1 Å². The van der Waals surface area contributed by atoms with Gasteiger partial charge in [0.15, 0.2) is 0 Å². The van der Waals surface area contributed by atoms with Crippen molar-refractivity contribution in [1.82, 2.24) is 9.78 Å². The first-order valence-electron chi connectivity index (χ1n) is 10.9. The van der Waals surface area contributed by atoms with Crippen LogP contribution in [-0.2, 0) is 6.42 Å². The summed E-state index contributed by atoms with van der Waals surface area (Å²) in [5, 5.41) is 7.92. The van der Waals surface area contributed by atoms with Gasteiger partial charge in [-0.1, -0.05) is 29.8 Å². The minimum Gasteiger partial charge on any atom is -0.308 e. The van der Waals surface area contributed by atoms with Crippen molar-refractivity contribution in [1.29, 1.82) is 0 Å². The number of hydrogen-bond acceptors (Lipinski definition) is 4. The molecule has 2 unspecified atom stereocenters. The van der Waals surface area contributed by atoms with E-state index in [2.05, 4.69) is 16.3 Å². The molecule has 5 rings (SSSR count). The summed E-state index contributed by atoms with van der Waals surface area (Å²) >= 11 is 0. The fourth-order valence-electron chi connectivity index (χ4n) is 5.31. The highest BCUT2D eigenvalue weighted by Gasteiger charge is 2.46. The molecule has 158 valence electrons. The lowest BCUT2D eigenvalue weighted by Gasteiger charge is -2.30. The number of nitrogens with zero attached hydrogens (tertiary/aromatic N) is 4. The minimum absolute atomic E-state index is 0.0127. The van der Waals surface area contributed by atoms with E-state index in [1.165, 1.54) is 0 Å². The van der Waals surface area contributed by atoms with Crippen LogP contribution in [0.5, 0.6) is 0 Å². The lowest BCUT2D eigenvalue weighted by atomic mass is 9.75. The van der Waals surface area contributed by atoms with E-state index in [1.807, 2.05) is 66.6 Å². The van der Waals surface area contributed by atoms with Crippen LogP contribution in [0.2, 0.25) is 0 Å². The number of amides is 1. The molecular formula is C25H26N4O2. The number of aryl methyl sites for hydroxylation is 1. The summed E-state index contributed by atoms with van der Waals surface area (Å²) < 4.78 is 1.81. The molecule has 2 heterocycles. The zero-order valence-corrected chi connectivity index (χ0v) is 17.7. The molecule has 0 radical (unpaired) electrons. The number of rotatable bonds is 3. The normalized spacial score (nSPS) is 22.9. The first-order chi connectivity index (χ1) is 15.1. The van der Waals surface area contributed by atoms with E-state index in [9.17, 15) is 9.70 Å². The molecule has 0 N–H and O–H groups in total. The van der Waals surface area contributed by atoms with Crippen LogP contribution in [0.4, 0.5) is 5.69 Å². The molecule has 1 amide bonds. The van der Waals surface area contributed by atoms with Crippen LogP contribution in [0.15, 0.2) is 66.0 Å². The van der Waals surface area contributed by atoms with Gasteiger partial charge in [0.1, 0.15) is 0 Å². The van der Waals surface area contributed by atoms with Gasteiger partial charge in [-0.25, -0.2) is 4.68 Å². The van der Waals surface area contributed by atoms with E-state index < -0.39 is 0 Å². The second-order valence-electron chi connectivity index (χ2n) is 8.84. The van der Waals surface area contributed by atoms with Crippen LogP contribution >= 0.6 is 0 Å². The molecule has 0 saturated heterocycles. The molecule has 6 nitrogen and oxygen atoms in total. The van der Waals surface area contributed by atoms with Crippen LogP contribution < -0.4 is 4.90 Å². The molecule has 1 aliphatic heterocycles. The lowest BCUT2D eigenvalue weighted by molar-refractivity contribution is 0.0983. The summed E-state index contributed by atoms with van der Waals surface area (Å²) in [7, 11) is 0. The van der Waals surface area contributed by atoms with Crippen molar-refractivity contribution in [3.63, 3.8) is 0 Å². The fourth-order valence-corrected chi connectivity index (χ4v) is 5.31. The quantitative estimate of drug-likeness (QED) is 0.561. The van der Waals surface area contributed by atoms with Crippen LogP contribution in [0.25, 0.3) is 5.69 Å². The van der Waals surface area contributed by atoms with Crippen LogP contribution in [0.1, 0.15) is 47.3 Å². The number of benzene rings is 2. The van der Waals surface area contributed by atoms with Crippen molar-refractivity contribution in [2.24, 2.45) is 10.6 Å². The van der Waals surface area contributed by atoms with Gasteiger partial charge >= 0.3 is 0 Å². The Kier molecular flexibility index (Phi) is 4.93. The molecule has 2 aromatic carbocycles. The Morgan fingerprint density at radius 3 is 2.65 bits per heavy atom. The highest BCUT2D eigenvalue weighted by molar-refractivity contribution is 6.06. The number of para-hydroxylation sites is 1. The lowest BCUT2D eigenvalue weighted by Crippen LogP contribution is -2.35. The maximum Gasteiger partial charge on any atom is 0.258 e. The number of anilines is 1. The third-order valence-electron chi connectivity index (χ3n) is 6.99. The molecule has 3 aromatic rings. The van der Waals surface area contributed by atoms with Crippen molar-refractivity contribution in [2.75, 3.05) is 11.4 Å². The Morgan fingerprint density at radius 2 is 1.90 bits per heavy atom. The molecule has 1 aromatic heterocycles. The Balaban J connectivity index is 1.46. The SMILES string of the molecule is Cc1ccn(-c2ccc(C(=O)N3CCC4(CCCC4N=O)Cc4ccccc43)cc2)n1. The third-order valence-corrected chi connectivity index (χ3v) is 6.99. The summed E-state index contributed by atoms with van der Waals surface area (Å²) in [6.45, 7) is 2.55. The number of carbonyl (C=O) groups is 1. The second kappa shape index (κ2) is 7.76. The summed E-state index contributed by atoms with van der Waals surface area (Å²) in [6, 6.07) is 17.5. The van der Waals surface area contributed by atoms with Gasteiger partial charge in [-0.3, -0.25) is 4.79 Å². The summed E-state index contributed by atoms with van der Waals surface area (Å²) in [5.74, 6) is -0.0127. The van der Waals surface area contributed by atoms with E-state index in [-0.39, 0.29) is 17.4 Å². The topological polar surface area (TPSA) is 67.6 Å². The van der Waals surface area contributed by atoms with Crippen molar-refractivity contribution in [3.8, 4) is 5.69 Å². The Bertz CT molecular complexity index is 1120. The van der Waals surface area contributed by atoms with Gasteiger partial charge in [0.05, 0.1) is 17.4 Å². The minimum atomic E-state index is -0.160. The van der Waals surface area contributed by atoms with Crippen LogP contribution in [-0.4, -0.2) is 28.3 Å². The molecule has 31 heavy (non-hydrogen) atoms. The highest BCUT2D eigenvalue weighted by Crippen LogP contribution is 2.49. The number of carbonyl (C=O) groups excluding carboxylic acids is 1. The van der Waals surface area contributed by atoms with Gasteiger partial charge < -0.3 is 4.90 Å². The Labute approximate surface area is 181 Å².